The Morgan fingerprint density at radius 2 is 2.00 bits per heavy atom. The van der Waals surface area contributed by atoms with Crippen molar-refractivity contribution in [3.8, 4) is 0 Å². The van der Waals surface area contributed by atoms with Gasteiger partial charge in [0.1, 0.15) is 5.41 Å². The summed E-state index contributed by atoms with van der Waals surface area (Å²) in [6, 6.07) is 16.0. The second kappa shape index (κ2) is 8.63. The number of nitrogens with zero attached hydrogens (tertiary/aromatic N) is 2. The van der Waals surface area contributed by atoms with E-state index in [1.165, 1.54) is 5.56 Å². The summed E-state index contributed by atoms with van der Waals surface area (Å²) in [5.74, 6) is -0.898. The molecule has 0 spiro atoms. The first-order valence-electron chi connectivity index (χ1n) is 9.60. The Labute approximate surface area is 160 Å². The zero-order valence-electron chi connectivity index (χ0n) is 15.8. The Morgan fingerprint density at radius 3 is 2.70 bits per heavy atom. The summed E-state index contributed by atoms with van der Waals surface area (Å²) in [5, 5.41) is 20.6. The lowest BCUT2D eigenvalue weighted by atomic mass is 9.73. The van der Waals surface area contributed by atoms with Crippen molar-refractivity contribution in [2.45, 2.75) is 45.3 Å². The van der Waals surface area contributed by atoms with Crippen LogP contribution in [0.5, 0.6) is 0 Å². The molecule has 1 aliphatic heterocycles. The van der Waals surface area contributed by atoms with Gasteiger partial charge in [-0.1, -0.05) is 36.4 Å². The van der Waals surface area contributed by atoms with Crippen molar-refractivity contribution in [2.75, 3.05) is 13.1 Å². The maximum absolute atomic E-state index is 12.2. The lowest BCUT2D eigenvalue weighted by Crippen LogP contribution is -2.55. The molecule has 1 aromatic heterocycles. The molecule has 0 saturated carbocycles. The van der Waals surface area contributed by atoms with E-state index in [4.69, 9.17) is 0 Å². The number of aliphatic hydroxyl groups is 1. The quantitative estimate of drug-likeness (QED) is 0.786. The van der Waals surface area contributed by atoms with Crippen LogP contribution in [0.3, 0.4) is 0 Å². The fraction of sp³-hybridized carbons (Fsp3) is 0.455. The molecule has 1 fully saturated rings. The van der Waals surface area contributed by atoms with E-state index in [1.807, 2.05) is 43.3 Å². The molecule has 2 aromatic rings. The van der Waals surface area contributed by atoms with Crippen LogP contribution in [-0.2, 0) is 17.8 Å². The molecule has 0 unspecified atom stereocenters. The summed E-state index contributed by atoms with van der Waals surface area (Å²) in [6.45, 7) is 3.61. The van der Waals surface area contributed by atoms with E-state index < -0.39 is 17.5 Å². The van der Waals surface area contributed by atoms with Gasteiger partial charge in [-0.3, -0.25) is 14.7 Å². The van der Waals surface area contributed by atoms with Crippen LogP contribution in [0.4, 0.5) is 0 Å². The molecule has 27 heavy (non-hydrogen) atoms. The van der Waals surface area contributed by atoms with Gasteiger partial charge in [0.25, 0.3) is 0 Å². The Hall–Kier alpha value is -2.24. The van der Waals surface area contributed by atoms with Crippen molar-refractivity contribution in [2.24, 2.45) is 5.41 Å². The molecule has 5 heteroatoms. The Bertz CT molecular complexity index is 765. The van der Waals surface area contributed by atoms with Gasteiger partial charge in [0.2, 0.25) is 0 Å². The van der Waals surface area contributed by atoms with Crippen molar-refractivity contribution in [3.63, 3.8) is 0 Å². The number of carbonyl (C=O) groups is 1. The van der Waals surface area contributed by atoms with E-state index in [9.17, 15) is 15.0 Å². The predicted molar refractivity (Wildman–Crippen MR) is 104 cm³/mol. The van der Waals surface area contributed by atoms with Gasteiger partial charge in [-0.2, -0.15) is 0 Å². The third kappa shape index (κ3) is 4.73. The first kappa shape index (κ1) is 19.5. The molecule has 0 aliphatic carbocycles. The van der Waals surface area contributed by atoms with Crippen molar-refractivity contribution in [3.05, 3.63) is 65.5 Å². The smallest absolute Gasteiger partial charge is 0.313 e. The van der Waals surface area contributed by atoms with E-state index in [2.05, 4.69) is 22.0 Å². The molecule has 1 aliphatic rings. The Morgan fingerprint density at radius 1 is 1.22 bits per heavy atom. The number of piperidine rings is 1. The van der Waals surface area contributed by atoms with Gasteiger partial charge in [0.05, 0.1) is 11.8 Å². The second-order valence-electron chi connectivity index (χ2n) is 7.59. The highest BCUT2D eigenvalue weighted by atomic mass is 16.4. The van der Waals surface area contributed by atoms with Crippen LogP contribution in [0, 0.1) is 12.3 Å². The molecular formula is C22H28N2O3. The first-order valence-corrected chi connectivity index (χ1v) is 9.60. The molecule has 0 amide bonds. The summed E-state index contributed by atoms with van der Waals surface area (Å²) in [4.78, 5) is 18.8. The number of likely N-dealkylation sites (tertiary alicyclic amines) is 1. The van der Waals surface area contributed by atoms with Crippen LogP contribution in [0.2, 0.25) is 0 Å². The number of aliphatic carboxylic acids is 1. The van der Waals surface area contributed by atoms with E-state index in [1.54, 1.807) is 0 Å². The number of aromatic nitrogens is 1. The molecular weight excluding hydrogens is 340 g/mol. The van der Waals surface area contributed by atoms with E-state index in [0.29, 0.717) is 32.5 Å². The number of carboxylic acids is 1. The molecule has 2 N–H and O–H groups in total. The summed E-state index contributed by atoms with van der Waals surface area (Å²) in [7, 11) is 0. The lowest BCUT2D eigenvalue weighted by Gasteiger charge is -2.43. The van der Waals surface area contributed by atoms with Crippen LogP contribution in [0.25, 0.3) is 0 Å². The van der Waals surface area contributed by atoms with E-state index in [0.717, 1.165) is 24.2 Å². The van der Waals surface area contributed by atoms with Crippen molar-refractivity contribution in [1.29, 1.82) is 0 Å². The van der Waals surface area contributed by atoms with E-state index in [-0.39, 0.29) is 0 Å². The molecule has 0 radical (unpaired) electrons. The van der Waals surface area contributed by atoms with Gasteiger partial charge < -0.3 is 10.2 Å². The number of rotatable bonds is 7. The number of hydrogen-bond donors (Lipinski definition) is 2. The van der Waals surface area contributed by atoms with Crippen LogP contribution in [-0.4, -0.2) is 45.3 Å². The zero-order chi connectivity index (χ0) is 19.3. The monoisotopic (exact) mass is 368 g/mol. The number of aryl methyl sites for hydroxylation is 2. The van der Waals surface area contributed by atoms with Crippen LogP contribution in [0.15, 0.2) is 48.5 Å². The molecule has 5 nitrogen and oxygen atoms in total. The normalized spacial score (nSPS) is 23.3. The highest BCUT2D eigenvalue weighted by molar-refractivity contribution is 5.76. The topological polar surface area (TPSA) is 73.7 Å². The van der Waals surface area contributed by atoms with Gasteiger partial charge in [-0.25, -0.2) is 0 Å². The number of benzene rings is 1. The summed E-state index contributed by atoms with van der Waals surface area (Å²) >= 11 is 0. The average Bonchev–Trinajstić information content (AvgIpc) is 2.65. The van der Waals surface area contributed by atoms with Crippen molar-refractivity contribution < 1.29 is 15.0 Å². The highest BCUT2D eigenvalue weighted by Gasteiger charge is 2.48. The first-order chi connectivity index (χ1) is 13.0. The number of pyridine rings is 1. The molecule has 3 rings (SSSR count). The lowest BCUT2D eigenvalue weighted by molar-refractivity contribution is -0.164. The number of aliphatic hydroxyl groups excluding tert-OH is 1. The van der Waals surface area contributed by atoms with Gasteiger partial charge >= 0.3 is 5.97 Å². The summed E-state index contributed by atoms with van der Waals surface area (Å²) in [6.07, 6.45) is 1.69. The maximum atomic E-state index is 12.2. The molecule has 0 bridgehead atoms. The van der Waals surface area contributed by atoms with Crippen LogP contribution >= 0.6 is 0 Å². The summed E-state index contributed by atoms with van der Waals surface area (Å²) in [5.41, 5.74) is 1.98. The third-order valence-electron chi connectivity index (χ3n) is 5.55. The zero-order valence-corrected chi connectivity index (χ0v) is 15.8. The molecule has 2 heterocycles. The van der Waals surface area contributed by atoms with Crippen molar-refractivity contribution >= 4 is 5.97 Å². The maximum Gasteiger partial charge on any atom is 0.313 e. The highest BCUT2D eigenvalue weighted by Crippen LogP contribution is 2.36. The van der Waals surface area contributed by atoms with Gasteiger partial charge in [0.15, 0.2) is 0 Å². The minimum Gasteiger partial charge on any atom is -0.481 e. The number of carboxylic acid groups (broad SMARTS) is 1. The number of hydrogen-bond acceptors (Lipinski definition) is 4. The second-order valence-corrected chi connectivity index (χ2v) is 7.59. The minimum atomic E-state index is -1.11. The molecule has 144 valence electrons. The summed E-state index contributed by atoms with van der Waals surface area (Å²) < 4.78 is 0. The largest absolute Gasteiger partial charge is 0.481 e. The molecule has 1 saturated heterocycles. The van der Waals surface area contributed by atoms with Gasteiger partial charge in [-0.05, 0) is 50.3 Å². The van der Waals surface area contributed by atoms with Gasteiger partial charge in [0, 0.05) is 25.3 Å². The van der Waals surface area contributed by atoms with Crippen molar-refractivity contribution in [1.82, 2.24) is 9.88 Å². The third-order valence-corrected chi connectivity index (χ3v) is 5.55. The Balaban J connectivity index is 1.68. The van der Waals surface area contributed by atoms with E-state index >= 15 is 0 Å². The standard InChI is InChI=1S/C22H28N2O3/c1-17-7-5-11-19(23-17)15-24-14-12-20(25)22(16-24,21(26)27)13-6-10-18-8-3-2-4-9-18/h2-5,7-9,11,20,25H,6,10,12-16H2,1H3,(H,26,27)/t20-,22+/m0/s1. The Kier molecular flexibility index (Phi) is 6.24. The minimum absolute atomic E-state index is 0.355. The fourth-order valence-corrected chi connectivity index (χ4v) is 4.03. The molecule has 2 atom stereocenters. The van der Waals surface area contributed by atoms with Gasteiger partial charge in [-0.15, -0.1) is 0 Å². The van der Waals surface area contributed by atoms with Crippen LogP contribution < -0.4 is 0 Å². The average molecular weight is 368 g/mol. The SMILES string of the molecule is Cc1cccc(CN2CC[C@H](O)[C@](CCCc3ccccc3)(C(=O)O)C2)n1. The molecule has 1 aromatic carbocycles. The fourth-order valence-electron chi connectivity index (χ4n) is 4.03. The van der Waals surface area contributed by atoms with Crippen LogP contribution in [0.1, 0.15) is 36.2 Å². The predicted octanol–water partition coefficient (Wildman–Crippen LogP) is 3.05.